The molecule has 2 heterocycles. The van der Waals surface area contributed by atoms with Crippen molar-refractivity contribution in [2.45, 2.75) is 38.8 Å². The van der Waals surface area contributed by atoms with Gasteiger partial charge in [-0.2, -0.15) is 0 Å². The molecule has 1 fully saturated rings. The fraction of sp³-hybridized carbons (Fsp3) is 0.421. The highest BCUT2D eigenvalue weighted by molar-refractivity contribution is 5.92. The van der Waals surface area contributed by atoms with E-state index >= 15 is 0 Å². The summed E-state index contributed by atoms with van der Waals surface area (Å²) in [6.07, 6.45) is 1.76. The van der Waals surface area contributed by atoms with Gasteiger partial charge in [-0.05, 0) is 37.6 Å². The van der Waals surface area contributed by atoms with Crippen molar-refractivity contribution in [3.05, 3.63) is 35.8 Å². The quantitative estimate of drug-likeness (QED) is 0.715. The standard InChI is InChI=1S/C19H22FN3O4/c1-10(2)23-9-12(6-17(23)24)18(25)22-16(19(26)27)5-11-8-21-15-7-13(20)3-4-14(11)15/h3-4,7-8,10,12,16,21H,5-6,9H2,1-2H3,(H,22,25)(H,26,27). The molecule has 0 radical (unpaired) electrons. The minimum Gasteiger partial charge on any atom is -0.480 e. The highest BCUT2D eigenvalue weighted by atomic mass is 19.1. The van der Waals surface area contributed by atoms with Gasteiger partial charge in [0.05, 0.1) is 5.92 Å². The number of rotatable bonds is 6. The zero-order valence-corrected chi connectivity index (χ0v) is 15.2. The van der Waals surface area contributed by atoms with Gasteiger partial charge in [-0.25, -0.2) is 9.18 Å². The lowest BCUT2D eigenvalue weighted by molar-refractivity contribution is -0.142. The highest BCUT2D eigenvalue weighted by Gasteiger charge is 2.36. The van der Waals surface area contributed by atoms with E-state index in [4.69, 9.17) is 0 Å². The molecule has 1 saturated heterocycles. The van der Waals surface area contributed by atoms with Crippen LogP contribution in [0.1, 0.15) is 25.8 Å². The Morgan fingerprint density at radius 3 is 2.78 bits per heavy atom. The molecule has 3 N–H and O–H groups in total. The van der Waals surface area contributed by atoms with Crippen molar-refractivity contribution < 1.29 is 23.9 Å². The fourth-order valence-electron chi connectivity index (χ4n) is 3.44. The van der Waals surface area contributed by atoms with Gasteiger partial charge in [-0.15, -0.1) is 0 Å². The minimum absolute atomic E-state index is 0.00261. The van der Waals surface area contributed by atoms with E-state index in [2.05, 4.69) is 10.3 Å². The Morgan fingerprint density at radius 1 is 1.41 bits per heavy atom. The molecule has 1 aliphatic rings. The van der Waals surface area contributed by atoms with E-state index in [0.717, 1.165) is 0 Å². The number of nitrogens with one attached hydrogen (secondary N) is 2. The molecular formula is C19H22FN3O4. The van der Waals surface area contributed by atoms with Crippen LogP contribution in [0.5, 0.6) is 0 Å². The summed E-state index contributed by atoms with van der Waals surface area (Å²) in [4.78, 5) is 40.6. The van der Waals surface area contributed by atoms with Crippen molar-refractivity contribution in [1.82, 2.24) is 15.2 Å². The number of carbonyl (C=O) groups excluding carboxylic acids is 2. The van der Waals surface area contributed by atoms with Crippen molar-refractivity contribution in [2.75, 3.05) is 6.54 Å². The Hall–Kier alpha value is -2.90. The average Bonchev–Trinajstić information content (AvgIpc) is 3.17. The number of fused-ring (bicyclic) bond motifs is 1. The second kappa shape index (κ2) is 7.38. The number of H-pyrrole nitrogens is 1. The number of benzene rings is 1. The molecule has 8 heteroatoms. The number of amides is 2. The van der Waals surface area contributed by atoms with Crippen molar-refractivity contribution in [3.8, 4) is 0 Å². The fourth-order valence-corrected chi connectivity index (χ4v) is 3.44. The molecule has 2 aromatic rings. The van der Waals surface area contributed by atoms with Crippen molar-refractivity contribution >= 4 is 28.7 Å². The number of carboxylic acid groups (broad SMARTS) is 1. The molecule has 7 nitrogen and oxygen atoms in total. The molecule has 0 spiro atoms. The zero-order chi connectivity index (χ0) is 19.7. The normalized spacial score (nSPS) is 18.3. The molecule has 1 aromatic carbocycles. The highest BCUT2D eigenvalue weighted by Crippen LogP contribution is 2.22. The van der Waals surface area contributed by atoms with E-state index in [1.807, 2.05) is 13.8 Å². The predicted octanol–water partition coefficient (Wildman–Crippen LogP) is 1.68. The van der Waals surface area contributed by atoms with E-state index in [9.17, 15) is 23.9 Å². The molecule has 2 atom stereocenters. The molecule has 0 aliphatic carbocycles. The summed E-state index contributed by atoms with van der Waals surface area (Å²) < 4.78 is 13.3. The molecular weight excluding hydrogens is 353 g/mol. The predicted molar refractivity (Wildman–Crippen MR) is 96.5 cm³/mol. The first-order chi connectivity index (χ1) is 12.8. The summed E-state index contributed by atoms with van der Waals surface area (Å²) in [5.74, 6) is -2.65. The van der Waals surface area contributed by atoms with Gasteiger partial charge in [0.25, 0.3) is 0 Å². The van der Waals surface area contributed by atoms with Gasteiger partial charge in [0.2, 0.25) is 11.8 Å². The number of aromatic amines is 1. The van der Waals surface area contributed by atoms with Gasteiger partial charge in [0.15, 0.2) is 0 Å². The van der Waals surface area contributed by atoms with E-state index in [0.29, 0.717) is 23.0 Å². The summed E-state index contributed by atoms with van der Waals surface area (Å²) >= 11 is 0. The summed E-state index contributed by atoms with van der Waals surface area (Å²) in [5, 5.41) is 12.8. The third-order valence-corrected chi connectivity index (χ3v) is 4.92. The Kier molecular flexibility index (Phi) is 5.16. The van der Waals surface area contributed by atoms with Crippen molar-refractivity contribution in [2.24, 2.45) is 5.92 Å². The third-order valence-electron chi connectivity index (χ3n) is 4.92. The summed E-state index contributed by atoms with van der Waals surface area (Å²) in [5.41, 5.74) is 1.23. The lowest BCUT2D eigenvalue weighted by atomic mass is 10.0. The molecule has 0 saturated carbocycles. The van der Waals surface area contributed by atoms with Crippen LogP contribution >= 0.6 is 0 Å². The Labute approximate surface area is 155 Å². The van der Waals surface area contributed by atoms with Gasteiger partial charge < -0.3 is 20.3 Å². The Balaban J connectivity index is 1.71. The van der Waals surface area contributed by atoms with E-state index in [1.54, 1.807) is 17.2 Å². The molecule has 0 bridgehead atoms. The molecule has 1 aliphatic heterocycles. The maximum atomic E-state index is 13.3. The molecule has 1 aromatic heterocycles. The molecule has 2 unspecified atom stereocenters. The summed E-state index contributed by atoms with van der Waals surface area (Å²) in [6, 6.07) is 3.08. The van der Waals surface area contributed by atoms with Gasteiger partial charge in [-0.3, -0.25) is 9.59 Å². The van der Waals surface area contributed by atoms with E-state index < -0.39 is 23.8 Å². The molecule has 2 amide bonds. The van der Waals surface area contributed by atoms with Crippen LogP contribution in [0.2, 0.25) is 0 Å². The maximum Gasteiger partial charge on any atom is 0.326 e. The number of carbonyl (C=O) groups is 3. The van der Waals surface area contributed by atoms with Crippen molar-refractivity contribution in [3.63, 3.8) is 0 Å². The third kappa shape index (κ3) is 3.94. The van der Waals surface area contributed by atoms with Crippen molar-refractivity contribution in [1.29, 1.82) is 0 Å². The zero-order valence-electron chi connectivity index (χ0n) is 15.2. The first kappa shape index (κ1) is 18.9. The van der Waals surface area contributed by atoms with Crippen LogP contribution in [0.4, 0.5) is 4.39 Å². The first-order valence-electron chi connectivity index (χ1n) is 8.84. The number of aromatic nitrogens is 1. The average molecular weight is 375 g/mol. The second-order valence-corrected chi connectivity index (χ2v) is 7.15. The van der Waals surface area contributed by atoms with Crippen LogP contribution in [-0.2, 0) is 20.8 Å². The lowest BCUT2D eigenvalue weighted by Crippen LogP contribution is -2.45. The Bertz CT molecular complexity index is 892. The number of hydrogen-bond acceptors (Lipinski definition) is 3. The number of carboxylic acids is 1. The topological polar surface area (TPSA) is 102 Å². The van der Waals surface area contributed by atoms with Crippen LogP contribution in [0.15, 0.2) is 24.4 Å². The van der Waals surface area contributed by atoms with Gasteiger partial charge in [-0.1, -0.05) is 0 Å². The first-order valence-corrected chi connectivity index (χ1v) is 8.84. The van der Waals surface area contributed by atoms with Gasteiger partial charge in [0, 0.05) is 42.5 Å². The van der Waals surface area contributed by atoms with Gasteiger partial charge >= 0.3 is 5.97 Å². The summed E-state index contributed by atoms with van der Waals surface area (Å²) in [7, 11) is 0. The molecule has 27 heavy (non-hydrogen) atoms. The number of nitrogens with zero attached hydrogens (tertiary/aromatic N) is 1. The molecule has 3 rings (SSSR count). The van der Waals surface area contributed by atoms with Crippen LogP contribution in [0.25, 0.3) is 10.9 Å². The SMILES string of the molecule is CC(C)N1CC(C(=O)NC(Cc2c[nH]c3cc(F)ccc23)C(=O)O)CC1=O. The van der Waals surface area contributed by atoms with Gasteiger partial charge in [0.1, 0.15) is 11.9 Å². The number of likely N-dealkylation sites (tertiary alicyclic amines) is 1. The minimum atomic E-state index is -1.16. The summed E-state index contributed by atoms with van der Waals surface area (Å²) in [6.45, 7) is 4.04. The number of hydrogen-bond donors (Lipinski definition) is 3. The van der Waals surface area contributed by atoms with Crippen LogP contribution in [0, 0.1) is 11.7 Å². The number of halogens is 1. The number of aliphatic carboxylic acids is 1. The van der Waals surface area contributed by atoms with Crippen LogP contribution in [0.3, 0.4) is 0 Å². The smallest absolute Gasteiger partial charge is 0.326 e. The van der Waals surface area contributed by atoms with E-state index in [-0.39, 0.29) is 30.6 Å². The second-order valence-electron chi connectivity index (χ2n) is 7.15. The largest absolute Gasteiger partial charge is 0.480 e. The monoisotopic (exact) mass is 375 g/mol. The van der Waals surface area contributed by atoms with Crippen LogP contribution in [-0.4, -0.2) is 51.4 Å². The maximum absolute atomic E-state index is 13.3. The van der Waals surface area contributed by atoms with Crippen LogP contribution < -0.4 is 5.32 Å². The molecule has 144 valence electrons. The van der Waals surface area contributed by atoms with E-state index in [1.165, 1.54) is 12.1 Å². The Morgan fingerprint density at radius 2 is 2.15 bits per heavy atom. The lowest BCUT2D eigenvalue weighted by Gasteiger charge is -2.21.